The number of benzene rings is 1. The van der Waals surface area contributed by atoms with Crippen molar-refractivity contribution in [2.45, 2.75) is 26.3 Å². The molecule has 0 unspecified atom stereocenters. The number of nitrogens with one attached hydrogen (secondary N) is 1. The van der Waals surface area contributed by atoms with E-state index in [0.29, 0.717) is 23.5 Å². The summed E-state index contributed by atoms with van der Waals surface area (Å²) in [6.07, 6.45) is 3.42. The molecule has 1 aliphatic rings. The number of nitrogens with zero attached hydrogens (tertiary/aromatic N) is 2. The molecule has 0 radical (unpaired) electrons. The molecule has 24 heavy (non-hydrogen) atoms. The highest BCUT2D eigenvalue weighted by Crippen LogP contribution is 2.34. The second-order valence-corrected chi connectivity index (χ2v) is 7.99. The van der Waals surface area contributed by atoms with E-state index in [1.807, 2.05) is 19.9 Å². The fraction of sp³-hybridized carbons (Fsp3) is 0.294. The van der Waals surface area contributed by atoms with Gasteiger partial charge in [0, 0.05) is 17.8 Å². The van der Waals surface area contributed by atoms with Gasteiger partial charge in [-0.15, -0.1) is 0 Å². The topological polar surface area (TPSA) is 79.4 Å². The third-order valence-electron chi connectivity index (χ3n) is 4.01. The fourth-order valence-electron chi connectivity index (χ4n) is 3.04. The first kappa shape index (κ1) is 16.4. The van der Waals surface area contributed by atoms with Crippen molar-refractivity contribution < 1.29 is 13.2 Å². The SMILES string of the molecule is Cc1ccnc(NC(=O)c2ccc3c(c2)C[C@H](C)N3S(C)(=O)=O)c1. The van der Waals surface area contributed by atoms with E-state index < -0.39 is 10.0 Å². The number of anilines is 2. The van der Waals surface area contributed by atoms with Gasteiger partial charge in [-0.2, -0.15) is 0 Å². The summed E-state index contributed by atoms with van der Waals surface area (Å²) in [6.45, 7) is 3.78. The summed E-state index contributed by atoms with van der Waals surface area (Å²) < 4.78 is 25.3. The second-order valence-electron chi connectivity index (χ2n) is 6.13. The largest absolute Gasteiger partial charge is 0.307 e. The summed E-state index contributed by atoms with van der Waals surface area (Å²) in [6, 6.07) is 8.58. The lowest BCUT2D eigenvalue weighted by molar-refractivity contribution is 0.102. The van der Waals surface area contributed by atoms with E-state index in [1.165, 1.54) is 10.6 Å². The maximum atomic E-state index is 12.4. The Kier molecular flexibility index (Phi) is 4.04. The molecule has 0 fully saturated rings. The molecule has 1 aromatic heterocycles. The number of sulfonamides is 1. The van der Waals surface area contributed by atoms with Crippen LogP contribution < -0.4 is 9.62 Å². The molecule has 1 aliphatic heterocycles. The summed E-state index contributed by atoms with van der Waals surface area (Å²) in [5.74, 6) is 0.230. The summed E-state index contributed by atoms with van der Waals surface area (Å²) >= 11 is 0. The Hall–Kier alpha value is -2.41. The minimum absolute atomic E-state index is 0.147. The molecular formula is C17H19N3O3S. The van der Waals surface area contributed by atoms with Crippen molar-refractivity contribution in [1.82, 2.24) is 4.98 Å². The molecule has 6 nitrogen and oxygen atoms in total. The molecule has 126 valence electrons. The first-order valence-corrected chi connectivity index (χ1v) is 9.47. The lowest BCUT2D eigenvalue weighted by Gasteiger charge is -2.21. The van der Waals surface area contributed by atoms with E-state index in [-0.39, 0.29) is 11.9 Å². The molecule has 1 atom stereocenters. The second kappa shape index (κ2) is 5.90. The third kappa shape index (κ3) is 3.12. The Morgan fingerprint density at radius 2 is 2.04 bits per heavy atom. The number of hydrogen-bond donors (Lipinski definition) is 1. The van der Waals surface area contributed by atoms with Crippen LogP contribution in [0.3, 0.4) is 0 Å². The first-order valence-electron chi connectivity index (χ1n) is 7.62. The number of aromatic nitrogens is 1. The molecule has 0 saturated heterocycles. The predicted octanol–water partition coefficient (Wildman–Crippen LogP) is 2.35. The summed E-state index contributed by atoms with van der Waals surface area (Å²) in [4.78, 5) is 16.5. The molecule has 1 N–H and O–H groups in total. The van der Waals surface area contributed by atoms with Crippen molar-refractivity contribution >= 4 is 27.4 Å². The molecule has 3 rings (SSSR count). The van der Waals surface area contributed by atoms with E-state index >= 15 is 0 Å². The van der Waals surface area contributed by atoms with Gasteiger partial charge in [-0.1, -0.05) is 0 Å². The lowest BCUT2D eigenvalue weighted by atomic mass is 10.1. The standard InChI is InChI=1S/C17H19N3O3S/c1-11-6-7-18-16(8-11)19-17(21)13-4-5-15-14(10-13)9-12(2)20(15)24(3,22)23/h4-8,10,12H,9H2,1-3H3,(H,18,19,21)/t12-/m0/s1. The maximum absolute atomic E-state index is 12.4. The van der Waals surface area contributed by atoms with E-state index in [4.69, 9.17) is 0 Å². The average molecular weight is 345 g/mol. The highest BCUT2D eigenvalue weighted by molar-refractivity contribution is 7.92. The van der Waals surface area contributed by atoms with Gasteiger partial charge in [0.25, 0.3) is 5.91 Å². The monoisotopic (exact) mass is 345 g/mol. The Balaban J connectivity index is 1.87. The fourth-order valence-corrected chi connectivity index (χ4v) is 4.31. The number of carbonyl (C=O) groups is 1. The van der Waals surface area contributed by atoms with E-state index in [0.717, 1.165) is 11.1 Å². The van der Waals surface area contributed by atoms with E-state index in [2.05, 4.69) is 10.3 Å². The van der Waals surface area contributed by atoms with Crippen LogP contribution in [0, 0.1) is 6.92 Å². The van der Waals surface area contributed by atoms with Crippen molar-refractivity contribution in [1.29, 1.82) is 0 Å². The third-order valence-corrected chi connectivity index (χ3v) is 5.28. The molecule has 0 spiro atoms. The van der Waals surface area contributed by atoms with Crippen molar-refractivity contribution in [3.8, 4) is 0 Å². The van der Waals surface area contributed by atoms with Gasteiger partial charge < -0.3 is 5.32 Å². The van der Waals surface area contributed by atoms with Crippen LogP contribution in [0.2, 0.25) is 0 Å². The van der Waals surface area contributed by atoms with E-state index in [9.17, 15) is 13.2 Å². The van der Waals surface area contributed by atoms with Gasteiger partial charge in [0.15, 0.2) is 0 Å². The maximum Gasteiger partial charge on any atom is 0.256 e. The highest BCUT2D eigenvalue weighted by Gasteiger charge is 2.32. The Morgan fingerprint density at radius 1 is 1.29 bits per heavy atom. The molecule has 0 bridgehead atoms. The van der Waals surface area contributed by atoms with Crippen LogP contribution >= 0.6 is 0 Å². The van der Waals surface area contributed by atoms with Crippen molar-refractivity contribution in [2.24, 2.45) is 0 Å². The molecule has 2 aromatic rings. The van der Waals surface area contributed by atoms with Crippen molar-refractivity contribution in [2.75, 3.05) is 15.9 Å². The number of carbonyl (C=O) groups excluding carboxylic acids is 1. The Bertz CT molecular complexity index is 909. The van der Waals surface area contributed by atoms with Gasteiger partial charge in [0.05, 0.1) is 11.9 Å². The van der Waals surface area contributed by atoms with Crippen molar-refractivity contribution in [3.63, 3.8) is 0 Å². The molecule has 2 heterocycles. The minimum atomic E-state index is -3.33. The number of amides is 1. The molecule has 1 amide bonds. The van der Waals surface area contributed by atoms with Gasteiger partial charge in [-0.3, -0.25) is 9.10 Å². The predicted molar refractivity (Wildman–Crippen MR) is 93.9 cm³/mol. The molecule has 7 heteroatoms. The summed E-state index contributed by atoms with van der Waals surface area (Å²) in [5, 5.41) is 2.76. The number of fused-ring (bicyclic) bond motifs is 1. The van der Waals surface area contributed by atoms with Crippen LogP contribution in [0.5, 0.6) is 0 Å². The number of rotatable bonds is 3. The van der Waals surface area contributed by atoms with Crippen LogP contribution in [-0.2, 0) is 16.4 Å². The van der Waals surface area contributed by atoms with Gasteiger partial charge in [0.1, 0.15) is 5.82 Å². The quantitative estimate of drug-likeness (QED) is 0.926. The zero-order chi connectivity index (χ0) is 17.5. The number of pyridine rings is 1. The minimum Gasteiger partial charge on any atom is -0.307 e. The molecule has 0 aliphatic carbocycles. The van der Waals surface area contributed by atoms with Gasteiger partial charge in [0.2, 0.25) is 10.0 Å². The molecular weight excluding hydrogens is 326 g/mol. The zero-order valence-electron chi connectivity index (χ0n) is 13.8. The van der Waals surface area contributed by atoms with Crippen LogP contribution in [0.25, 0.3) is 0 Å². The number of aryl methyl sites for hydroxylation is 1. The average Bonchev–Trinajstić information content (AvgIpc) is 2.81. The van der Waals surface area contributed by atoms with Crippen LogP contribution in [0.4, 0.5) is 11.5 Å². The van der Waals surface area contributed by atoms with Crippen LogP contribution in [0.1, 0.15) is 28.4 Å². The smallest absolute Gasteiger partial charge is 0.256 e. The Labute approximate surface area is 141 Å². The van der Waals surface area contributed by atoms with Crippen molar-refractivity contribution in [3.05, 3.63) is 53.2 Å². The first-order chi connectivity index (χ1) is 11.3. The molecule has 1 aromatic carbocycles. The van der Waals surface area contributed by atoms with E-state index in [1.54, 1.807) is 30.5 Å². The zero-order valence-corrected chi connectivity index (χ0v) is 14.6. The van der Waals surface area contributed by atoms with Gasteiger partial charge in [-0.25, -0.2) is 13.4 Å². The molecule has 0 saturated carbocycles. The van der Waals surface area contributed by atoms with Crippen LogP contribution in [-0.4, -0.2) is 31.6 Å². The normalized spacial score (nSPS) is 16.8. The summed E-state index contributed by atoms with van der Waals surface area (Å²) in [7, 11) is -3.33. The van der Waals surface area contributed by atoms with Gasteiger partial charge in [-0.05, 0) is 61.7 Å². The van der Waals surface area contributed by atoms with Crippen LogP contribution in [0.15, 0.2) is 36.5 Å². The Morgan fingerprint density at radius 3 is 2.71 bits per heavy atom. The lowest BCUT2D eigenvalue weighted by Crippen LogP contribution is -2.34. The number of hydrogen-bond acceptors (Lipinski definition) is 4. The summed E-state index contributed by atoms with van der Waals surface area (Å²) in [5.41, 5.74) is 3.00. The highest BCUT2D eigenvalue weighted by atomic mass is 32.2. The van der Waals surface area contributed by atoms with Gasteiger partial charge >= 0.3 is 0 Å².